The number of pyridine rings is 1. The van der Waals surface area contributed by atoms with Crippen LogP contribution < -0.4 is 0 Å². The molecule has 0 amide bonds. The number of hydrogen-bond donors (Lipinski definition) is 0. The molecule has 4 aromatic heterocycles. The van der Waals surface area contributed by atoms with E-state index in [2.05, 4.69) is 146 Å². The number of aromatic nitrogens is 3. The summed E-state index contributed by atoms with van der Waals surface area (Å²) in [4.78, 5) is 15.6. The number of para-hydroxylation sites is 1. The molecule has 0 unspecified atom stereocenters. The van der Waals surface area contributed by atoms with Gasteiger partial charge in [-0.25, -0.2) is 15.0 Å². The van der Waals surface area contributed by atoms with Crippen LogP contribution in [0.3, 0.4) is 0 Å². The van der Waals surface area contributed by atoms with Crippen LogP contribution >= 0.6 is 11.3 Å². The van der Waals surface area contributed by atoms with Crippen molar-refractivity contribution in [3.63, 3.8) is 0 Å². The van der Waals surface area contributed by atoms with Crippen molar-refractivity contribution in [3.8, 4) is 56.3 Å². The Kier molecular flexibility index (Phi) is 7.37. The quantitative estimate of drug-likeness (QED) is 0.164. The van der Waals surface area contributed by atoms with Crippen molar-refractivity contribution in [3.05, 3.63) is 188 Å². The molecule has 4 heterocycles. The maximum atomic E-state index is 6.26. The van der Waals surface area contributed by atoms with Crippen LogP contribution in [-0.4, -0.2) is 15.0 Å². The minimum Gasteiger partial charge on any atom is -0.456 e. The molecular formula is C53H31N3OS. The third-order valence-electron chi connectivity index (χ3n) is 11.3. The fraction of sp³-hybridized carbons (Fsp3) is 0. The molecule has 0 aliphatic carbocycles. The molecule has 0 fully saturated rings. The molecule has 0 aliphatic rings. The molecule has 5 heteroatoms. The van der Waals surface area contributed by atoms with Crippen molar-refractivity contribution in [2.24, 2.45) is 0 Å². The van der Waals surface area contributed by atoms with Gasteiger partial charge in [-0.2, -0.15) is 0 Å². The minimum atomic E-state index is 0.679. The first-order valence-corrected chi connectivity index (χ1v) is 20.2. The van der Waals surface area contributed by atoms with Gasteiger partial charge in [0.1, 0.15) is 11.2 Å². The maximum Gasteiger partial charge on any atom is 0.160 e. The molecule has 12 rings (SSSR count). The van der Waals surface area contributed by atoms with Crippen molar-refractivity contribution in [2.75, 3.05) is 0 Å². The van der Waals surface area contributed by atoms with Crippen molar-refractivity contribution in [1.82, 2.24) is 15.0 Å². The van der Waals surface area contributed by atoms with E-state index >= 15 is 0 Å². The third kappa shape index (κ3) is 5.25. The second-order valence-corrected chi connectivity index (χ2v) is 15.8. The van der Waals surface area contributed by atoms with Crippen LogP contribution in [0.4, 0.5) is 0 Å². The smallest absolute Gasteiger partial charge is 0.160 e. The zero-order valence-electron chi connectivity index (χ0n) is 31.1. The predicted molar refractivity (Wildman–Crippen MR) is 242 cm³/mol. The summed E-state index contributed by atoms with van der Waals surface area (Å²) < 4.78 is 8.84. The molecule has 58 heavy (non-hydrogen) atoms. The summed E-state index contributed by atoms with van der Waals surface area (Å²) in [6.07, 6.45) is 0. The lowest BCUT2D eigenvalue weighted by molar-refractivity contribution is 0.669. The van der Waals surface area contributed by atoms with Gasteiger partial charge in [-0.1, -0.05) is 146 Å². The standard InChI is InChI=1S/C53H31N3OS/c1-3-12-34(13-4-1)52-40-27-29-48-51(39-17-8-10-21-47(39)58-48)50(40)41-30-36(26-28-42(41)54-52)32-22-24-33(25-23-32)43-31-44(56-53(55-43)35-14-5-2-6-15-35)37-18-11-20-46-49(37)38-16-7-9-19-45(38)57-46/h1-31H. The first kappa shape index (κ1) is 32.7. The van der Waals surface area contributed by atoms with Gasteiger partial charge in [0.15, 0.2) is 5.82 Å². The van der Waals surface area contributed by atoms with E-state index in [9.17, 15) is 0 Å². The molecule has 0 aliphatic heterocycles. The highest BCUT2D eigenvalue weighted by molar-refractivity contribution is 7.26. The van der Waals surface area contributed by atoms with E-state index in [1.54, 1.807) is 0 Å². The average molecular weight is 758 g/mol. The maximum absolute atomic E-state index is 6.26. The zero-order chi connectivity index (χ0) is 38.2. The van der Waals surface area contributed by atoms with E-state index in [0.29, 0.717) is 5.82 Å². The summed E-state index contributed by atoms with van der Waals surface area (Å²) in [5, 5.41) is 8.27. The molecule has 0 saturated heterocycles. The van der Waals surface area contributed by atoms with Crippen LogP contribution in [0, 0.1) is 0 Å². The van der Waals surface area contributed by atoms with E-state index in [1.165, 1.54) is 25.6 Å². The number of furan rings is 1. The van der Waals surface area contributed by atoms with E-state index in [4.69, 9.17) is 19.4 Å². The summed E-state index contributed by atoms with van der Waals surface area (Å²) in [5.41, 5.74) is 11.8. The van der Waals surface area contributed by atoms with Crippen LogP contribution in [0.2, 0.25) is 0 Å². The first-order chi connectivity index (χ1) is 28.7. The Morgan fingerprint density at radius 1 is 0.362 bits per heavy atom. The normalized spacial score (nSPS) is 11.8. The molecule has 0 atom stereocenters. The summed E-state index contributed by atoms with van der Waals surface area (Å²) in [5.74, 6) is 0.679. The lowest BCUT2D eigenvalue weighted by Gasteiger charge is -2.13. The van der Waals surface area contributed by atoms with Gasteiger partial charge in [0.05, 0.1) is 22.6 Å². The minimum absolute atomic E-state index is 0.679. The van der Waals surface area contributed by atoms with Gasteiger partial charge in [0, 0.05) is 69.4 Å². The number of fused-ring (bicyclic) bond motifs is 10. The zero-order valence-corrected chi connectivity index (χ0v) is 31.9. The Balaban J connectivity index is 1.02. The van der Waals surface area contributed by atoms with Crippen LogP contribution in [0.5, 0.6) is 0 Å². The van der Waals surface area contributed by atoms with Crippen LogP contribution in [0.25, 0.3) is 120 Å². The monoisotopic (exact) mass is 757 g/mol. The highest BCUT2D eigenvalue weighted by atomic mass is 32.1. The molecule has 0 spiro atoms. The van der Waals surface area contributed by atoms with Gasteiger partial charge in [-0.05, 0) is 53.6 Å². The predicted octanol–water partition coefficient (Wildman–Crippen LogP) is 14.8. The Labute approximate surface area is 337 Å². The second kappa shape index (κ2) is 13.1. The van der Waals surface area contributed by atoms with Crippen molar-refractivity contribution in [1.29, 1.82) is 0 Å². The van der Waals surface area contributed by atoms with Crippen LogP contribution in [0.1, 0.15) is 0 Å². The van der Waals surface area contributed by atoms with Gasteiger partial charge in [-0.3, -0.25) is 0 Å². The molecule has 0 saturated carbocycles. The summed E-state index contributed by atoms with van der Waals surface area (Å²) >= 11 is 1.85. The van der Waals surface area contributed by atoms with Crippen LogP contribution in [0.15, 0.2) is 192 Å². The Morgan fingerprint density at radius 3 is 1.90 bits per heavy atom. The molecule has 4 nitrogen and oxygen atoms in total. The van der Waals surface area contributed by atoms with E-state index in [0.717, 1.165) is 88.7 Å². The highest BCUT2D eigenvalue weighted by Crippen LogP contribution is 2.44. The molecule has 0 bridgehead atoms. The van der Waals surface area contributed by atoms with Crippen molar-refractivity contribution >= 4 is 75.1 Å². The Bertz CT molecular complexity index is 3550. The van der Waals surface area contributed by atoms with E-state index in [-0.39, 0.29) is 0 Å². The molecule has 0 radical (unpaired) electrons. The second-order valence-electron chi connectivity index (χ2n) is 14.7. The largest absolute Gasteiger partial charge is 0.456 e. The Morgan fingerprint density at radius 2 is 1.05 bits per heavy atom. The van der Waals surface area contributed by atoms with E-state index in [1.807, 2.05) is 53.8 Å². The van der Waals surface area contributed by atoms with Gasteiger partial charge >= 0.3 is 0 Å². The van der Waals surface area contributed by atoms with Gasteiger partial charge in [0.25, 0.3) is 0 Å². The lowest BCUT2D eigenvalue weighted by Crippen LogP contribution is -1.96. The van der Waals surface area contributed by atoms with Gasteiger partial charge < -0.3 is 4.42 Å². The molecular weight excluding hydrogens is 727 g/mol. The topological polar surface area (TPSA) is 51.8 Å². The van der Waals surface area contributed by atoms with Crippen LogP contribution in [-0.2, 0) is 0 Å². The fourth-order valence-corrected chi connectivity index (χ4v) is 9.69. The SMILES string of the molecule is c1ccc(-c2nc(-c3ccc(-c4ccc5nc(-c6ccccc6)c6ccc7sc8ccccc8c7c6c5c4)cc3)cc(-c3cccc4oc5ccccc5c34)n2)cc1. The molecule has 12 aromatic rings. The average Bonchev–Trinajstić information content (AvgIpc) is 3.88. The highest BCUT2D eigenvalue weighted by Gasteiger charge is 2.19. The number of nitrogens with zero attached hydrogens (tertiary/aromatic N) is 3. The third-order valence-corrected chi connectivity index (χ3v) is 12.4. The van der Waals surface area contributed by atoms with E-state index < -0.39 is 0 Å². The molecule has 8 aromatic carbocycles. The fourth-order valence-electron chi connectivity index (χ4n) is 8.57. The summed E-state index contributed by atoms with van der Waals surface area (Å²) in [6, 6.07) is 66.0. The number of thiophene rings is 1. The molecule has 270 valence electrons. The van der Waals surface area contributed by atoms with Crippen molar-refractivity contribution < 1.29 is 4.42 Å². The number of benzene rings is 8. The summed E-state index contributed by atoms with van der Waals surface area (Å²) in [7, 11) is 0. The first-order valence-electron chi connectivity index (χ1n) is 19.4. The number of rotatable bonds is 5. The van der Waals surface area contributed by atoms with Crippen molar-refractivity contribution in [2.45, 2.75) is 0 Å². The Hall–Kier alpha value is -7.47. The van der Waals surface area contributed by atoms with Gasteiger partial charge in [0.2, 0.25) is 0 Å². The lowest BCUT2D eigenvalue weighted by atomic mass is 9.94. The summed E-state index contributed by atoms with van der Waals surface area (Å²) in [6.45, 7) is 0. The number of hydrogen-bond acceptors (Lipinski definition) is 5. The molecule has 0 N–H and O–H groups in total. The van der Waals surface area contributed by atoms with Gasteiger partial charge in [-0.15, -0.1) is 11.3 Å².